The van der Waals surface area contributed by atoms with E-state index in [-0.39, 0.29) is 5.91 Å². The molecule has 1 amide bonds. The van der Waals surface area contributed by atoms with Gasteiger partial charge in [0.1, 0.15) is 11.9 Å². The average Bonchev–Trinajstić information content (AvgIpc) is 2.72. The number of rotatable bonds is 6. The maximum atomic E-state index is 13.4. The number of anilines is 1. The van der Waals surface area contributed by atoms with Gasteiger partial charge in [0.25, 0.3) is 0 Å². The van der Waals surface area contributed by atoms with Crippen molar-refractivity contribution in [2.45, 2.75) is 18.4 Å². The highest BCUT2D eigenvalue weighted by Gasteiger charge is 2.37. The summed E-state index contributed by atoms with van der Waals surface area (Å²) in [6.07, 6.45) is 0.310. The van der Waals surface area contributed by atoms with Crippen LogP contribution in [0, 0.1) is 0 Å². The minimum absolute atomic E-state index is 0.0611. The number of benzene rings is 3. The zero-order valence-electron chi connectivity index (χ0n) is 15.8. The normalized spacial score (nSPS) is 14.2. The molecule has 0 aromatic heterocycles. The Hall–Kier alpha value is -2.72. The Bertz CT molecular complexity index is 882. The molecule has 3 nitrogen and oxygen atoms in total. The van der Waals surface area contributed by atoms with Gasteiger partial charge in [-0.1, -0.05) is 60.7 Å². The van der Waals surface area contributed by atoms with E-state index in [1.807, 2.05) is 104 Å². The monoisotopic (exact) mass is 389 g/mol. The lowest BCUT2D eigenvalue weighted by Gasteiger charge is -2.30. The molecule has 3 aromatic rings. The van der Waals surface area contributed by atoms with Crippen LogP contribution in [0.15, 0.2) is 84.9 Å². The Morgan fingerprint density at radius 3 is 1.89 bits per heavy atom. The SMILES string of the molecule is CC(C(=O)Nc1ccc(OC2CSC2)cc1)(c1ccccc1)c1ccccc1. The highest BCUT2D eigenvalue weighted by atomic mass is 32.2. The third kappa shape index (κ3) is 3.78. The fourth-order valence-electron chi connectivity index (χ4n) is 3.32. The first-order valence-corrected chi connectivity index (χ1v) is 10.6. The number of thioether (sulfide) groups is 1. The summed E-state index contributed by atoms with van der Waals surface area (Å²) in [6.45, 7) is 1.97. The van der Waals surface area contributed by atoms with E-state index < -0.39 is 5.41 Å². The first-order valence-electron chi connectivity index (χ1n) is 9.43. The van der Waals surface area contributed by atoms with Crippen molar-refractivity contribution in [2.75, 3.05) is 16.8 Å². The lowest BCUT2D eigenvalue weighted by Crippen LogP contribution is -2.38. The average molecular weight is 390 g/mol. The summed E-state index contributed by atoms with van der Waals surface area (Å²) in [5.41, 5.74) is 1.89. The van der Waals surface area contributed by atoms with Crippen LogP contribution < -0.4 is 10.1 Å². The van der Waals surface area contributed by atoms with Crippen LogP contribution in [0.2, 0.25) is 0 Å². The molecule has 1 saturated heterocycles. The zero-order valence-corrected chi connectivity index (χ0v) is 16.6. The van der Waals surface area contributed by atoms with Gasteiger partial charge in [-0.25, -0.2) is 0 Å². The van der Waals surface area contributed by atoms with E-state index in [1.165, 1.54) is 0 Å². The van der Waals surface area contributed by atoms with Gasteiger partial charge in [0.05, 0.1) is 5.41 Å². The van der Waals surface area contributed by atoms with Crippen LogP contribution in [0.3, 0.4) is 0 Å². The summed E-state index contributed by atoms with van der Waals surface area (Å²) in [6, 6.07) is 27.4. The van der Waals surface area contributed by atoms with Crippen LogP contribution in [-0.2, 0) is 10.2 Å². The fourth-order valence-corrected chi connectivity index (χ4v) is 3.88. The standard InChI is InChI=1S/C24H23NO2S/c1-24(18-8-4-2-5-9-18,19-10-6-3-7-11-19)23(26)25-20-12-14-21(15-13-20)27-22-16-28-17-22/h2-15,22H,16-17H2,1H3,(H,25,26). The number of hydrogen-bond donors (Lipinski definition) is 1. The quantitative estimate of drug-likeness (QED) is 0.635. The van der Waals surface area contributed by atoms with Crippen molar-refractivity contribution in [3.63, 3.8) is 0 Å². The van der Waals surface area contributed by atoms with Crippen molar-refractivity contribution in [2.24, 2.45) is 0 Å². The summed E-state index contributed by atoms with van der Waals surface area (Å²) >= 11 is 1.89. The molecule has 4 rings (SSSR count). The minimum Gasteiger partial charge on any atom is -0.489 e. The summed E-state index contributed by atoms with van der Waals surface area (Å²) < 4.78 is 5.88. The van der Waals surface area contributed by atoms with Gasteiger partial charge in [0, 0.05) is 17.2 Å². The van der Waals surface area contributed by atoms with Crippen LogP contribution in [-0.4, -0.2) is 23.5 Å². The van der Waals surface area contributed by atoms with E-state index in [0.29, 0.717) is 6.10 Å². The minimum atomic E-state index is -0.791. The summed E-state index contributed by atoms with van der Waals surface area (Å²) in [4.78, 5) is 13.4. The molecule has 1 aliphatic heterocycles. The number of carbonyl (C=O) groups is 1. The highest BCUT2D eigenvalue weighted by Crippen LogP contribution is 2.33. The van der Waals surface area contributed by atoms with Crippen molar-refractivity contribution in [1.29, 1.82) is 0 Å². The van der Waals surface area contributed by atoms with Crippen LogP contribution in [0.4, 0.5) is 5.69 Å². The van der Waals surface area contributed by atoms with E-state index >= 15 is 0 Å². The van der Waals surface area contributed by atoms with E-state index in [4.69, 9.17) is 4.74 Å². The topological polar surface area (TPSA) is 38.3 Å². The largest absolute Gasteiger partial charge is 0.489 e. The molecule has 0 unspecified atom stereocenters. The van der Waals surface area contributed by atoms with E-state index in [9.17, 15) is 4.79 Å². The predicted molar refractivity (Wildman–Crippen MR) is 116 cm³/mol. The lowest BCUT2D eigenvalue weighted by atomic mass is 9.75. The molecule has 1 N–H and O–H groups in total. The Morgan fingerprint density at radius 1 is 0.893 bits per heavy atom. The maximum absolute atomic E-state index is 13.4. The summed E-state index contributed by atoms with van der Waals surface area (Å²) in [7, 11) is 0. The molecular weight excluding hydrogens is 366 g/mol. The van der Waals surface area contributed by atoms with Crippen molar-refractivity contribution in [3.8, 4) is 5.75 Å². The zero-order chi connectivity index (χ0) is 19.4. The second-order valence-electron chi connectivity index (χ2n) is 7.11. The second-order valence-corrected chi connectivity index (χ2v) is 8.19. The third-order valence-corrected chi connectivity index (χ3v) is 6.39. The molecule has 28 heavy (non-hydrogen) atoms. The Morgan fingerprint density at radius 2 is 1.43 bits per heavy atom. The predicted octanol–water partition coefficient (Wildman–Crippen LogP) is 5.13. The van der Waals surface area contributed by atoms with Gasteiger partial charge in [-0.3, -0.25) is 4.79 Å². The van der Waals surface area contributed by atoms with Crippen molar-refractivity contribution >= 4 is 23.4 Å². The molecule has 4 heteroatoms. The number of hydrogen-bond acceptors (Lipinski definition) is 3. The van der Waals surface area contributed by atoms with E-state index in [0.717, 1.165) is 34.1 Å². The van der Waals surface area contributed by atoms with Gasteiger partial charge in [-0.2, -0.15) is 11.8 Å². The van der Waals surface area contributed by atoms with Gasteiger partial charge in [-0.05, 0) is 42.3 Å². The molecule has 1 aliphatic rings. The Balaban J connectivity index is 1.57. The molecule has 142 valence electrons. The molecule has 1 heterocycles. The number of ether oxygens (including phenoxy) is 1. The first kappa shape index (κ1) is 18.6. The fraction of sp³-hybridized carbons (Fsp3) is 0.208. The van der Waals surface area contributed by atoms with Gasteiger partial charge >= 0.3 is 0 Å². The lowest BCUT2D eigenvalue weighted by molar-refractivity contribution is -0.119. The first-order chi connectivity index (χ1) is 13.7. The van der Waals surface area contributed by atoms with E-state index in [1.54, 1.807) is 0 Å². The van der Waals surface area contributed by atoms with Crippen molar-refractivity contribution in [1.82, 2.24) is 0 Å². The number of nitrogens with one attached hydrogen (secondary N) is 1. The van der Waals surface area contributed by atoms with Crippen LogP contribution >= 0.6 is 11.8 Å². The molecule has 0 saturated carbocycles. The maximum Gasteiger partial charge on any atom is 0.239 e. The highest BCUT2D eigenvalue weighted by molar-refractivity contribution is 8.00. The van der Waals surface area contributed by atoms with Gasteiger partial charge in [0.2, 0.25) is 5.91 Å². The van der Waals surface area contributed by atoms with Crippen molar-refractivity contribution < 1.29 is 9.53 Å². The summed E-state index contributed by atoms with van der Waals surface area (Å²) in [5.74, 6) is 2.88. The van der Waals surface area contributed by atoms with Crippen LogP contribution in [0.5, 0.6) is 5.75 Å². The van der Waals surface area contributed by atoms with E-state index in [2.05, 4.69) is 5.32 Å². The van der Waals surface area contributed by atoms with Crippen molar-refractivity contribution in [3.05, 3.63) is 96.1 Å². The van der Waals surface area contributed by atoms with Crippen LogP contribution in [0.1, 0.15) is 18.1 Å². The number of carbonyl (C=O) groups excluding carboxylic acids is 1. The molecule has 0 radical (unpaired) electrons. The molecule has 3 aromatic carbocycles. The molecule has 0 atom stereocenters. The molecule has 0 aliphatic carbocycles. The van der Waals surface area contributed by atoms with Crippen LogP contribution in [0.25, 0.3) is 0 Å². The molecule has 0 bridgehead atoms. The van der Waals surface area contributed by atoms with Gasteiger partial charge in [0.15, 0.2) is 0 Å². The molecule has 0 spiro atoms. The van der Waals surface area contributed by atoms with Gasteiger partial charge < -0.3 is 10.1 Å². The number of amides is 1. The third-order valence-electron chi connectivity index (χ3n) is 5.18. The molecule has 1 fully saturated rings. The second kappa shape index (κ2) is 8.11. The Labute approximate surface area is 170 Å². The van der Waals surface area contributed by atoms with Gasteiger partial charge in [-0.15, -0.1) is 0 Å². The smallest absolute Gasteiger partial charge is 0.239 e. The Kier molecular flexibility index (Phi) is 5.40. The summed E-state index contributed by atoms with van der Waals surface area (Å²) in [5, 5.41) is 3.09. The molecular formula is C24H23NO2S.